The Bertz CT molecular complexity index is 615. The first kappa shape index (κ1) is 17.8. The van der Waals surface area contributed by atoms with Crippen LogP contribution >= 0.6 is 12.4 Å². The second-order valence-electron chi connectivity index (χ2n) is 5.99. The number of ether oxygens (including phenoxy) is 1. The van der Waals surface area contributed by atoms with E-state index in [9.17, 15) is 0 Å². The molecule has 0 spiro atoms. The molecule has 1 heterocycles. The van der Waals surface area contributed by atoms with Crippen molar-refractivity contribution in [2.75, 3.05) is 26.7 Å². The number of nitrogens with one attached hydrogen (secondary N) is 1. The van der Waals surface area contributed by atoms with Gasteiger partial charge in [-0.05, 0) is 24.1 Å². The van der Waals surface area contributed by atoms with Crippen LogP contribution in [-0.4, -0.2) is 37.7 Å². The third-order valence-corrected chi connectivity index (χ3v) is 4.23. The summed E-state index contributed by atoms with van der Waals surface area (Å²) in [5, 5.41) is 3.49. The molecule has 124 valence electrons. The first-order valence-electron chi connectivity index (χ1n) is 7.94. The van der Waals surface area contributed by atoms with Crippen molar-refractivity contribution in [2.45, 2.75) is 19.5 Å². The zero-order valence-corrected chi connectivity index (χ0v) is 14.6. The van der Waals surface area contributed by atoms with Gasteiger partial charge in [0.2, 0.25) is 0 Å². The summed E-state index contributed by atoms with van der Waals surface area (Å²) < 4.78 is 5.45. The van der Waals surface area contributed by atoms with Crippen molar-refractivity contribution in [1.29, 1.82) is 0 Å². The van der Waals surface area contributed by atoms with Crippen LogP contribution in [0.3, 0.4) is 0 Å². The van der Waals surface area contributed by atoms with E-state index in [0.717, 1.165) is 37.5 Å². The van der Waals surface area contributed by atoms with Crippen LogP contribution in [0.1, 0.15) is 12.5 Å². The number of halogens is 1. The predicted octanol–water partition coefficient (Wildman–Crippen LogP) is 3.58. The Morgan fingerprint density at radius 2 is 1.87 bits per heavy atom. The summed E-state index contributed by atoms with van der Waals surface area (Å²) in [7, 11) is 1.72. The molecule has 1 N–H and O–H groups in total. The maximum absolute atomic E-state index is 5.45. The highest BCUT2D eigenvalue weighted by Crippen LogP contribution is 2.29. The van der Waals surface area contributed by atoms with Gasteiger partial charge in [0.05, 0.1) is 7.11 Å². The zero-order valence-electron chi connectivity index (χ0n) is 13.8. The Labute approximate surface area is 145 Å². The minimum atomic E-state index is 0. The molecule has 2 aromatic rings. The highest BCUT2D eigenvalue weighted by molar-refractivity contribution is 5.85. The van der Waals surface area contributed by atoms with Crippen LogP contribution in [0.15, 0.2) is 48.5 Å². The third-order valence-electron chi connectivity index (χ3n) is 4.23. The largest absolute Gasteiger partial charge is 0.496 e. The molecule has 4 heteroatoms. The summed E-state index contributed by atoms with van der Waals surface area (Å²) in [6.45, 7) is 6.60. The number of para-hydroxylation sites is 1. The molecular formula is C19H25ClN2O. The normalized spacial score (nSPS) is 18.3. The number of benzene rings is 2. The van der Waals surface area contributed by atoms with Crippen LogP contribution < -0.4 is 10.1 Å². The molecule has 0 saturated carbocycles. The Morgan fingerprint density at radius 3 is 2.57 bits per heavy atom. The summed E-state index contributed by atoms with van der Waals surface area (Å²) in [5.41, 5.74) is 3.72. The Morgan fingerprint density at radius 1 is 1.13 bits per heavy atom. The van der Waals surface area contributed by atoms with Gasteiger partial charge < -0.3 is 10.1 Å². The first-order chi connectivity index (χ1) is 10.8. The summed E-state index contributed by atoms with van der Waals surface area (Å²) in [6.07, 6.45) is 0. The smallest absolute Gasteiger partial charge is 0.126 e. The van der Waals surface area contributed by atoms with Crippen LogP contribution in [-0.2, 0) is 6.54 Å². The number of nitrogens with zero attached hydrogens (tertiary/aromatic N) is 1. The van der Waals surface area contributed by atoms with Crippen LogP contribution in [0.2, 0.25) is 0 Å². The monoisotopic (exact) mass is 332 g/mol. The molecule has 0 bridgehead atoms. The van der Waals surface area contributed by atoms with E-state index in [1.807, 2.05) is 18.2 Å². The Kier molecular flexibility index (Phi) is 6.46. The molecule has 23 heavy (non-hydrogen) atoms. The summed E-state index contributed by atoms with van der Waals surface area (Å²) >= 11 is 0. The van der Waals surface area contributed by atoms with Gasteiger partial charge in [-0.3, -0.25) is 4.90 Å². The van der Waals surface area contributed by atoms with E-state index in [2.05, 4.69) is 47.5 Å². The minimum Gasteiger partial charge on any atom is -0.496 e. The van der Waals surface area contributed by atoms with Gasteiger partial charge in [-0.25, -0.2) is 0 Å². The van der Waals surface area contributed by atoms with E-state index < -0.39 is 0 Å². The quantitative estimate of drug-likeness (QED) is 0.926. The van der Waals surface area contributed by atoms with Gasteiger partial charge in [-0.2, -0.15) is 0 Å². The van der Waals surface area contributed by atoms with Gasteiger partial charge in [-0.1, -0.05) is 42.5 Å². The minimum absolute atomic E-state index is 0. The van der Waals surface area contributed by atoms with Crippen LogP contribution in [0.25, 0.3) is 11.1 Å². The molecule has 0 radical (unpaired) electrons. The lowest BCUT2D eigenvalue weighted by Crippen LogP contribution is -2.48. The zero-order chi connectivity index (χ0) is 15.4. The molecule has 0 aromatic heterocycles. The summed E-state index contributed by atoms with van der Waals surface area (Å²) in [4.78, 5) is 2.51. The van der Waals surface area contributed by atoms with Crippen molar-refractivity contribution < 1.29 is 4.74 Å². The predicted molar refractivity (Wildman–Crippen MR) is 98.4 cm³/mol. The Hall–Kier alpha value is -1.55. The van der Waals surface area contributed by atoms with Crippen molar-refractivity contribution >= 4 is 12.4 Å². The van der Waals surface area contributed by atoms with E-state index in [4.69, 9.17) is 4.74 Å². The first-order valence-corrected chi connectivity index (χ1v) is 7.94. The average molecular weight is 333 g/mol. The molecule has 1 aliphatic rings. The van der Waals surface area contributed by atoms with Gasteiger partial charge in [0.25, 0.3) is 0 Å². The SMILES string of the molecule is COc1ccccc1-c1ccc(CN2CCNC(C)C2)cc1.Cl. The molecule has 1 unspecified atom stereocenters. The van der Waals surface area contributed by atoms with Gasteiger partial charge in [-0.15, -0.1) is 12.4 Å². The fraction of sp³-hybridized carbons (Fsp3) is 0.368. The van der Waals surface area contributed by atoms with E-state index in [-0.39, 0.29) is 12.4 Å². The molecule has 3 nitrogen and oxygen atoms in total. The number of hydrogen-bond acceptors (Lipinski definition) is 3. The summed E-state index contributed by atoms with van der Waals surface area (Å²) in [6, 6.07) is 17.6. The fourth-order valence-electron chi connectivity index (χ4n) is 3.09. The second-order valence-corrected chi connectivity index (χ2v) is 5.99. The highest BCUT2D eigenvalue weighted by Gasteiger charge is 2.15. The fourth-order valence-corrected chi connectivity index (χ4v) is 3.09. The molecule has 0 aliphatic carbocycles. The average Bonchev–Trinajstić information content (AvgIpc) is 2.56. The van der Waals surface area contributed by atoms with E-state index in [1.54, 1.807) is 7.11 Å². The van der Waals surface area contributed by atoms with Crippen LogP contribution in [0, 0.1) is 0 Å². The lowest BCUT2D eigenvalue weighted by Gasteiger charge is -2.31. The molecule has 2 aromatic carbocycles. The van der Waals surface area contributed by atoms with E-state index >= 15 is 0 Å². The second kappa shape index (κ2) is 8.34. The number of hydrogen-bond donors (Lipinski definition) is 1. The van der Waals surface area contributed by atoms with Gasteiger partial charge in [0.1, 0.15) is 5.75 Å². The lowest BCUT2D eigenvalue weighted by molar-refractivity contribution is 0.199. The van der Waals surface area contributed by atoms with E-state index in [0.29, 0.717) is 6.04 Å². The molecule has 3 rings (SSSR count). The standard InChI is InChI=1S/C19H24N2O.ClH/c1-15-13-21(12-11-20-15)14-16-7-9-17(10-8-16)18-5-3-4-6-19(18)22-2;/h3-10,15,20H,11-14H2,1-2H3;1H. The summed E-state index contributed by atoms with van der Waals surface area (Å²) in [5.74, 6) is 0.922. The lowest BCUT2D eigenvalue weighted by atomic mass is 10.0. The van der Waals surface area contributed by atoms with E-state index in [1.165, 1.54) is 11.1 Å². The van der Waals surface area contributed by atoms with Crippen LogP contribution in [0.4, 0.5) is 0 Å². The topological polar surface area (TPSA) is 24.5 Å². The highest BCUT2D eigenvalue weighted by atomic mass is 35.5. The van der Waals surface area contributed by atoms with Crippen molar-refractivity contribution in [3.05, 3.63) is 54.1 Å². The number of methoxy groups -OCH3 is 1. The van der Waals surface area contributed by atoms with Gasteiger partial charge in [0.15, 0.2) is 0 Å². The molecule has 0 amide bonds. The van der Waals surface area contributed by atoms with Gasteiger partial charge in [0, 0.05) is 37.8 Å². The maximum atomic E-state index is 5.45. The maximum Gasteiger partial charge on any atom is 0.126 e. The van der Waals surface area contributed by atoms with Gasteiger partial charge >= 0.3 is 0 Å². The van der Waals surface area contributed by atoms with Crippen molar-refractivity contribution in [3.8, 4) is 16.9 Å². The molecule has 1 aliphatic heterocycles. The number of rotatable bonds is 4. The van der Waals surface area contributed by atoms with Crippen LogP contribution in [0.5, 0.6) is 5.75 Å². The molecule has 1 atom stereocenters. The number of piperazine rings is 1. The molecule has 1 saturated heterocycles. The van der Waals surface area contributed by atoms with Crippen molar-refractivity contribution in [1.82, 2.24) is 10.2 Å². The molecule has 1 fully saturated rings. The Balaban J connectivity index is 0.00000192. The van der Waals surface area contributed by atoms with Crippen molar-refractivity contribution in [2.24, 2.45) is 0 Å². The van der Waals surface area contributed by atoms with Crippen molar-refractivity contribution in [3.63, 3.8) is 0 Å². The molecular weight excluding hydrogens is 308 g/mol. The third kappa shape index (κ3) is 4.47.